The minimum absolute atomic E-state index is 0.115. The van der Waals surface area contributed by atoms with Crippen LogP contribution in [-0.4, -0.2) is 37.4 Å². The average Bonchev–Trinajstić information content (AvgIpc) is 3.08. The summed E-state index contributed by atoms with van der Waals surface area (Å²) in [4.78, 5) is 2.50. The molecule has 1 aromatic rings. The van der Waals surface area contributed by atoms with Gasteiger partial charge in [-0.05, 0) is 43.6 Å². The summed E-state index contributed by atoms with van der Waals surface area (Å²) in [6, 6.07) is 8.33. The van der Waals surface area contributed by atoms with Crippen LogP contribution in [0.4, 0.5) is 0 Å². The molecule has 1 saturated heterocycles. The second-order valence-electron chi connectivity index (χ2n) is 5.88. The topological polar surface area (TPSA) is 48.6 Å². The van der Waals surface area contributed by atoms with Gasteiger partial charge in [-0.1, -0.05) is 18.6 Å². The molecule has 2 aliphatic rings. The van der Waals surface area contributed by atoms with Crippen LogP contribution in [0.1, 0.15) is 24.8 Å². The number of piperidine rings is 1. The molecule has 0 radical (unpaired) electrons. The van der Waals surface area contributed by atoms with Crippen molar-refractivity contribution in [3.63, 3.8) is 0 Å². The minimum atomic E-state index is 0.115. The van der Waals surface area contributed by atoms with E-state index < -0.39 is 0 Å². The molecule has 0 unspecified atom stereocenters. The second kappa shape index (κ2) is 8.06. The lowest BCUT2D eigenvalue weighted by atomic mass is 10.1. The molecule has 0 aliphatic carbocycles. The number of likely N-dealkylation sites (tertiary alicyclic amines) is 1. The Kier molecular flexibility index (Phi) is 5.56. The Labute approximate surface area is 132 Å². The minimum Gasteiger partial charge on any atom is -0.492 e. The van der Waals surface area contributed by atoms with E-state index in [1.807, 2.05) is 18.5 Å². The lowest BCUT2D eigenvalue weighted by molar-refractivity contribution is 0.183. The first-order valence-electron chi connectivity index (χ1n) is 8.25. The van der Waals surface area contributed by atoms with Crippen LogP contribution in [-0.2, 0) is 6.54 Å². The summed E-state index contributed by atoms with van der Waals surface area (Å²) in [6.45, 7) is 5.05. The zero-order chi connectivity index (χ0) is 15.0. The smallest absolute Gasteiger partial charge is 0.152 e. The summed E-state index contributed by atoms with van der Waals surface area (Å²) < 4.78 is 5.91. The van der Waals surface area contributed by atoms with Gasteiger partial charge in [0.15, 0.2) is 6.29 Å². The first-order valence-corrected chi connectivity index (χ1v) is 8.25. The molecule has 0 bridgehead atoms. The van der Waals surface area contributed by atoms with Crippen LogP contribution in [0, 0.1) is 0 Å². The molecular weight excluding hydrogens is 276 g/mol. The lowest BCUT2D eigenvalue weighted by Crippen LogP contribution is -2.44. The van der Waals surface area contributed by atoms with Crippen molar-refractivity contribution in [2.24, 2.45) is 0 Å². The fraction of sp³-hybridized carbons (Fsp3) is 0.529. The molecule has 2 aliphatic heterocycles. The van der Waals surface area contributed by atoms with E-state index in [1.54, 1.807) is 0 Å². The third-order valence-corrected chi connectivity index (χ3v) is 4.14. The van der Waals surface area contributed by atoms with E-state index in [9.17, 15) is 0 Å². The molecule has 0 atom stereocenters. The van der Waals surface area contributed by atoms with Crippen LogP contribution >= 0.6 is 0 Å². The van der Waals surface area contributed by atoms with Gasteiger partial charge in [-0.15, -0.1) is 0 Å². The highest BCUT2D eigenvalue weighted by atomic mass is 16.5. The number of nitrogens with one attached hydrogen (secondary N) is 3. The molecule has 1 aromatic carbocycles. The van der Waals surface area contributed by atoms with Crippen molar-refractivity contribution < 1.29 is 4.74 Å². The van der Waals surface area contributed by atoms with Crippen LogP contribution in [0.3, 0.4) is 0 Å². The molecular formula is C17H26N4O. The number of nitrogens with zero attached hydrogens (tertiary/aromatic N) is 1. The molecule has 5 heteroatoms. The molecule has 3 N–H and O–H groups in total. The lowest BCUT2D eigenvalue weighted by Gasteiger charge is -2.26. The molecule has 22 heavy (non-hydrogen) atoms. The number of hydrogen-bond acceptors (Lipinski definition) is 5. The van der Waals surface area contributed by atoms with E-state index in [-0.39, 0.29) is 6.29 Å². The van der Waals surface area contributed by atoms with E-state index >= 15 is 0 Å². The van der Waals surface area contributed by atoms with Crippen molar-refractivity contribution in [2.75, 3.05) is 26.2 Å². The predicted octanol–water partition coefficient (Wildman–Crippen LogP) is 1.59. The van der Waals surface area contributed by atoms with Crippen LogP contribution in [0.25, 0.3) is 0 Å². The molecule has 1 fully saturated rings. The summed E-state index contributed by atoms with van der Waals surface area (Å²) in [5.74, 6) is 0.960. The highest BCUT2D eigenvalue weighted by Gasteiger charge is 2.10. The Morgan fingerprint density at radius 2 is 1.95 bits per heavy atom. The molecule has 0 saturated carbocycles. The van der Waals surface area contributed by atoms with Gasteiger partial charge < -0.3 is 15.4 Å². The summed E-state index contributed by atoms with van der Waals surface area (Å²) in [6.07, 6.45) is 7.96. The van der Waals surface area contributed by atoms with E-state index in [2.05, 4.69) is 39.0 Å². The van der Waals surface area contributed by atoms with Gasteiger partial charge >= 0.3 is 0 Å². The fourth-order valence-corrected chi connectivity index (χ4v) is 2.90. The molecule has 5 nitrogen and oxygen atoms in total. The number of benzene rings is 1. The van der Waals surface area contributed by atoms with Gasteiger partial charge in [0.2, 0.25) is 0 Å². The predicted molar refractivity (Wildman–Crippen MR) is 88.3 cm³/mol. The number of rotatable bonds is 7. The zero-order valence-corrected chi connectivity index (χ0v) is 13.1. The maximum atomic E-state index is 5.91. The van der Waals surface area contributed by atoms with Crippen LogP contribution in [0.2, 0.25) is 0 Å². The van der Waals surface area contributed by atoms with E-state index in [0.717, 1.165) is 25.4 Å². The Bertz CT molecular complexity index is 477. The van der Waals surface area contributed by atoms with Gasteiger partial charge in [-0.2, -0.15) is 0 Å². The quantitative estimate of drug-likeness (QED) is 0.714. The average molecular weight is 302 g/mol. The highest BCUT2D eigenvalue weighted by molar-refractivity contribution is 5.28. The van der Waals surface area contributed by atoms with Gasteiger partial charge in [-0.3, -0.25) is 10.2 Å². The molecule has 3 rings (SSSR count). The zero-order valence-electron chi connectivity index (χ0n) is 13.1. The molecule has 2 heterocycles. The maximum Gasteiger partial charge on any atom is 0.152 e. The van der Waals surface area contributed by atoms with Crippen LogP contribution in [0.5, 0.6) is 5.75 Å². The summed E-state index contributed by atoms with van der Waals surface area (Å²) in [7, 11) is 0. The van der Waals surface area contributed by atoms with Crippen LogP contribution < -0.4 is 20.7 Å². The van der Waals surface area contributed by atoms with Gasteiger partial charge in [0.05, 0.1) is 0 Å². The van der Waals surface area contributed by atoms with Crippen molar-refractivity contribution in [3.8, 4) is 5.75 Å². The fourth-order valence-electron chi connectivity index (χ4n) is 2.90. The first kappa shape index (κ1) is 15.2. The Morgan fingerprint density at radius 1 is 1.14 bits per heavy atom. The summed E-state index contributed by atoms with van der Waals surface area (Å²) in [5, 5.41) is 9.73. The standard InChI is InChI=1S/C17H26N4O/c1-2-9-21(10-3-1)11-12-22-16-6-4-5-15(13-16)14-20-17-18-7-8-19-17/h4-8,13,17-20H,1-3,9-12,14H2. The third-order valence-electron chi connectivity index (χ3n) is 4.14. The molecule has 0 spiro atoms. The van der Waals surface area contributed by atoms with Crippen molar-refractivity contribution in [1.82, 2.24) is 20.9 Å². The number of hydrogen-bond donors (Lipinski definition) is 3. The molecule has 0 aromatic heterocycles. The Morgan fingerprint density at radius 3 is 2.77 bits per heavy atom. The Hall–Kier alpha value is -1.72. The van der Waals surface area contributed by atoms with E-state index in [1.165, 1.54) is 37.9 Å². The maximum absolute atomic E-state index is 5.91. The molecule has 0 amide bonds. The summed E-state index contributed by atoms with van der Waals surface area (Å²) in [5.41, 5.74) is 1.23. The SMILES string of the molecule is C1=CNC(NCc2cccc(OCCN3CCCCC3)c2)N1. The van der Waals surface area contributed by atoms with Crippen LogP contribution in [0.15, 0.2) is 36.7 Å². The second-order valence-corrected chi connectivity index (χ2v) is 5.88. The van der Waals surface area contributed by atoms with Crippen molar-refractivity contribution in [3.05, 3.63) is 42.2 Å². The van der Waals surface area contributed by atoms with Gasteiger partial charge in [0.1, 0.15) is 12.4 Å². The molecule has 120 valence electrons. The third kappa shape index (κ3) is 4.64. The van der Waals surface area contributed by atoms with Crippen molar-refractivity contribution in [1.29, 1.82) is 0 Å². The van der Waals surface area contributed by atoms with E-state index in [4.69, 9.17) is 4.74 Å². The summed E-state index contributed by atoms with van der Waals surface area (Å²) >= 11 is 0. The first-order chi connectivity index (χ1) is 10.9. The van der Waals surface area contributed by atoms with E-state index in [0.29, 0.717) is 0 Å². The highest BCUT2D eigenvalue weighted by Crippen LogP contribution is 2.14. The normalized spacial score (nSPS) is 18.9. The number of ether oxygens (including phenoxy) is 1. The van der Waals surface area contributed by atoms with Crippen molar-refractivity contribution in [2.45, 2.75) is 32.1 Å². The monoisotopic (exact) mass is 302 g/mol. The van der Waals surface area contributed by atoms with Gasteiger partial charge in [0.25, 0.3) is 0 Å². The largest absolute Gasteiger partial charge is 0.492 e. The Balaban J connectivity index is 1.40. The van der Waals surface area contributed by atoms with Gasteiger partial charge in [-0.25, -0.2) is 0 Å². The van der Waals surface area contributed by atoms with Gasteiger partial charge in [0, 0.05) is 25.5 Å². The van der Waals surface area contributed by atoms with Crippen molar-refractivity contribution >= 4 is 0 Å².